The quantitative estimate of drug-likeness (QED) is 0.778. The first-order valence-electron chi connectivity index (χ1n) is 6.31. The molecule has 1 aliphatic carbocycles. The summed E-state index contributed by atoms with van der Waals surface area (Å²) in [6.07, 6.45) is 2.31. The Morgan fingerprint density at radius 1 is 1.32 bits per heavy atom. The zero-order chi connectivity index (χ0) is 13.7. The maximum atomic E-state index is 11.6. The number of rotatable bonds is 7. The van der Waals surface area contributed by atoms with Gasteiger partial charge in [0.2, 0.25) is 5.91 Å². The topological polar surface area (TPSA) is 75.6 Å². The molecule has 1 aromatic carbocycles. The van der Waals surface area contributed by atoms with Crippen LogP contribution in [0.25, 0.3) is 0 Å². The van der Waals surface area contributed by atoms with Crippen LogP contribution < -0.4 is 5.32 Å². The van der Waals surface area contributed by atoms with Crippen LogP contribution in [0.1, 0.15) is 24.4 Å². The van der Waals surface area contributed by atoms with Gasteiger partial charge in [-0.05, 0) is 24.3 Å². The SMILES string of the molecule is O=C(COCC1CC1)NC(C(=O)O)c1ccccc1. The van der Waals surface area contributed by atoms with Gasteiger partial charge in [0.15, 0.2) is 6.04 Å². The predicted molar refractivity (Wildman–Crippen MR) is 68.5 cm³/mol. The summed E-state index contributed by atoms with van der Waals surface area (Å²) in [7, 11) is 0. The summed E-state index contributed by atoms with van der Waals surface area (Å²) in [4.78, 5) is 22.8. The van der Waals surface area contributed by atoms with Crippen molar-refractivity contribution in [3.05, 3.63) is 35.9 Å². The summed E-state index contributed by atoms with van der Waals surface area (Å²) in [6.45, 7) is 0.490. The van der Waals surface area contributed by atoms with Gasteiger partial charge in [-0.25, -0.2) is 4.79 Å². The molecule has 1 unspecified atom stereocenters. The van der Waals surface area contributed by atoms with Crippen molar-refractivity contribution in [2.75, 3.05) is 13.2 Å². The summed E-state index contributed by atoms with van der Waals surface area (Å²) in [5, 5.41) is 11.6. The van der Waals surface area contributed by atoms with Gasteiger partial charge in [-0.1, -0.05) is 30.3 Å². The molecule has 0 bridgehead atoms. The highest BCUT2D eigenvalue weighted by Crippen LogP contribution is 2.28. The Balaban J connectivity index is 1.85. The average molecular weight is 263 g/mol. The molecule has 1 aromatic rings. The summed E-state index contributed by atoms with van der Waals surface area (Å²) in [5.74, 6) is -0.907. The molecule has 2 N–H and O–H groups in total. The summed E-state index contributed by atoms with van der Waals surface area (Å²) in [6, 6.07) is 7.58. The number of carbonyl (C=O) groups is 2. The Labute approximate surface area is 111 Å². The lowest BCUT2D eigenvalue weighted by Gasteiger charge is -2.14. The lowest BCUT2D eigenvalue weighted by Crippen LogP contribution is -2.36. The molecule has 5 heteroatoms. The third-order valence-corrected chi connectivity index (χ3v) is 2.97. The number of aliphatic carboxylic acids is 1. The van der Waals surface area contributed by atoms with E-state index < -0.39 is 17.9 Å². The van der Waals surface area contributed by atoms with Crippen molar-refractivity contribution in [2.24, 2.45) is 5.92 Å². The standard InChI is InChI=1S/C14H17NO4/c16-12(9-19-8-10-6-7-10)15-13(14(17)18)11-4-2-1-3-5-11/h1-5,10,13H,6-9H2,(H,15,16)(H,17,18). The van der Waals surface area contributed by atoms with Crippen LogP contribution in [0.3, 0.4) is 0 Å². The molecule has 0 saturated heterocycles. The molecule has 0 spiro atoms. The van der Waals surface area contributed by atoms with Crippen molar-refractivity contribution in [3.63, 3.8) is 0 Å². The van der Waals surface area contributed by atoms with Gasteiger partial charge in [0.05, 0.1) is 6.61 Å². The minimum atomic E-state index is -1.08. The number of benzene rings is 1. The van der Waals surface area contributed by atoms with E-state index >= 15 is 0 Å². The van der Waals surface area contributed by atoms with E-state index in [1.54, 1.807) is 30.3 Å². The molecule has 19 heavy (non-hydrogen) atoms. The van der Waals surface area contributed by atoms with Crippen molar-refractivity contribution in [2.45, 2.75) is 18.9 Å². The second-order valence-electron chi connectivity index (χ2n) is 4.71. The minimum Gasteiger partial charge on any atom is -0.479 e. The number of ether oxygens (including phenoxy) is 1. The molecule has 1 saturated carbocycles. The molecular weight excluding hydrogens is 246 g/mol. The van der Waals surface area contributed by atoms with E-state index in [9.17, 15) is 9.59 Å². The van der Waals surface area contributed by atoms with Gasteiger partial charge >= 0.3 is 5.97 Å². The Morgan fingerprint density at radius 2 is 2.00 bits per heavy atom. The number of carboxylic acid groups (broad SMARTS) is 1. The zero-order valence-electron chi connectivity index (χ0n) is 10.5. The number of carbonyl (C=O) groups excluding carboxylic acids is 1. The minimum absolute atomic E-state index is 0.0902. The second-order valence-corrected chi connectivity index (χ2v) is 4.71. The second kappa shape index (κ2) is 6.33. The number of amides is 1. The summed E-state index contributed by atoms with van der Waals surface area (Å²) >= 11 is 0. The Kier molecular flexibility index (Phi) is 4.52. The lowest BCUT2D eigenvalue weighted by atomic mass is 10.1. The highest BCUT2D eigenvalue weighted by molar-refractivity contribution is 5.85. The number of hydrogen-bond donors (Lipinski definition) is 2. The molecular formula is C14H17NO4. The first-order valence-corrected chi connectivity index (χ1v) is 6.31. The van der Waals surface area contributed by atoms with Crippen LogP contribution in [0.2, 0.25) is 0 Å². The Morgan fingerprint density at radius 3 is 2.58 bits per heavy atom. The number of hydrogen-bond acceptors (Lipinski definition) is 3. The highest BCUT2D eigenvalue weighted by Gasteiger charge is 2.24. The van der Waals surface area contributed by atoms with E-state index in [1.807, 2.05) is 0 Å². The van der Waals surface area contributed by atoms with E-state index in [0.29, 0.717) is 18.1 Å². The lowest BCUT2D eigenvalue weighted by molar-refractivity contribution is -0.142. The summed E-state index contributed by atoms with van der Waals surface area (Å²) < 4.78 is 5.23. The molecule has 0 radical (unpaired) electrons. The maximum absolute atomic E-state index is 11.6. The number of nitrogens with one attached hydrogen (secondary N) is 1. The third kappa shape index (κ3) is 4.37. The number of carboxylic acids is 1. The van der Waals surface area contributed by atoms with E-state index in [4.69, 9.17) is 9.84 Å². The van der Waals surface area contributed by atoms with Gasteiger partial charge in [0.1, 0.15) is 6.61 Å². The van der Waals surface area contributed by atoms with Crippen molar-refractivity contribution >= 4 is 11.9 Å². The van der Waals surface area contributed by atoms with Crippen molar-refractivity contribution < 1.29 is 19.4 Å². The molecule has 1 amide bonds. The van der Waals surface area contributed by atoms with Crippen molar-refractivity contribution in [3.8, 4) is 0 Å². The van der Waals surface area contributed by atoms with Gasteiger partial charge in [0, 0.05) is 0 Å². The fourth-order valence-electron chi connectivity index (χ4n) is 1.74. The molecule has 1 aliphatic rings. The monoisotopic (exact) mass is 263 g/mol. The Hall–Kier alpha value is -1.88. The molecule has 0 aromatic heterocycles. The maximum Gasteiger partial charge on any atom is 0.330 e. The molecule has 102 valence electrons. The predicted octanol–water partition coefficient (Wildman–Crippen LogP) is 1.36. The Bertz CT molecular complexity index is 442. The van der Waals surface area contributed by atoms with Crippen molar-refractivity contribution in [1.82, 2.24) is 5.32 Å². The fraction of sp³-hybridized carbons (Fsp3) is 0.429. The molecule has 0 heterocycles. The van der Waals surface area contributed by atoms with E-state index in [0.717, 1.165) is 12.8 Å². The molecule has 0 aliphatic heterocycles. The normalized spacial score (nSPS) is 15.8. The largest absolute Gasteiger partial charge is 0.479 e. The van der Waals surface area contributed by atoms with Crippen LogP contribution in [0.15, 0.2) is 30.3 Å². The molecule has 5 nitrogen and oxygen atoms in total. The van der Waals surface area contributed by atoms with E-state index in [1.165, 1.54) is 0 Å². The fourth-order valence-corrected chi connectivity index (χ4v) is 1.74. The first kappa shape index (κ1) is 13.5. The van der Waals surface area contributed by atoms with Gasteiger partial charge in [-0.15, -0.1) is 0 Å². The van der Waals surface area contributed by atoms with Gasteiger partial charge in [-0.3, -0.25) is 4.79 Å². The molecule has 1 fully saturated rings. The summed E-state index contributed by atoms with van der Waals surface area (Å²) in [5.41, 5.74) is 0.547. The smallest absolute Gasteiger partial charge is 0.330 e. The van der Waals surface area contributed by atoms with Crippen LogP contribution in [-0.2, 0) is 14.3 Å². The first-order chi connectivity index (χ1) is 9.16. The van der Waals surface area contributed by atoms with E-state index in [-0.39, 0.29) is 6.61 Å². The van der Waals surface area contributed by atoms with Crippen molar-refractivity contribution in [1.29, 1.82) is 0 Å². The highest BCUT2D eigenvalue weighted by atomic mass is 16.5. The molecule has 1 atom stereocenters. The van der Waals surface area contributed by atoms with Crippen LogP contribution >= 0.6 is 0 Å². The van der Waals surface area contributed by atoms with Crippen LogP contribution in [-0.4, -0.2) is 30.2 Å². The van der Waals surface area contributed by atoms with Crippen LogP contribution in [0, 0.1) is 5.92 Å². The van der Waals surface area contributed by atoms with Gasteiger partial charge < -0.3 is 15.2 Å². The van der Waals surface area contributed by atoms with E-state index in [2.05, 4.69) is 5.32 Å². The van der Waals surface area contributed by atoms with Gasteiger partial charge in [0.25, 0.3) is 0 Å². The molecule has 2 rings (SSSR count). The van der Waals surface area contributed by atoms with Crippen LogP contribution in [0.5, 0.6) is 0 Å². The van der Waals surface area contributed by atoms with Crippen LogP contribution in [0.4, 0.5) is 0 Å². The zero-order valence-corrected chi connectivity index (χ0v) is 10.5. The van der Waals surface area contributed by atoms with Gasteiger partial charge in [-0.2, -0.15) is 0 Å². The average Bonchev–Trinajstić information content (AvgIpc) is 3.21. The third-order valence-electron chi connectivity index (χ3n) is 2.97.